The third kappa shape index (κ3) is 3.23. The zero-order valence-corrected chi connectivity index (χ0v) is 13.3. The first-order chi connectivity index (χ1) is 12.0. The van der Waals surface area contributed by atoms with E-state index in [0.717, 1.165) is 12.1 Å². The van der Waals surface area contributed by atoms with Crippen molar-refractivity contribution in [2.24, 2.45) is 0 Å². The number of pyridine rings is 1. The molecule has 0 aliphatic carbocycles. The van der Waals surface area contributed by atoms with Gasteiger partial charge in [-0.2, -0.15) is 0 Å². The second kappa shape index (κ2) is 6.76. The summed E-state index contributed by atoms with van der Waals surface area (Å²) in [6, 6.07) is 6.34. The van der Waals surface area contributed by atoms with Gasteiger partial charge in [0.05, 0.1) is 0 Å². The first-order valence-electron chi connectivity index (χ1n) is 7.59. The van der Waals surface area contributed by atoms with Crippen LogP contribution in [0.2, 0.25) is 0 Å². The van der Waals surface area contributed by atoms with Crippen molar-refractivity contribution < 1.29 is 13.6 Å². The third-order valence-electron chi connectivity index (χ3n) is 3.69. The molecule has 2 aromatic heterocycles. The van der Waals surface area contributed by atoms with E-state index in [0.29, 0.717) is 17.7 Å². The summed E-state index contributed by atoms with van der Waals surface area (Å²) in [5, 5.41) is 2.43. The summed E-state index contributed by atoms with van der Waals surface area (Å²) < 4.78 is 27.9. The van der Waals surface area contributed by atoms with Crippen molar-refractivity contribution in [3.63, 3.8) is 0 Å². The number of fused-ring (bicyclic) bond motifs is 1. The number of carbonyl (C=O) groups excluding carboxylic acids is 1. The van der Waals surface area contributed by atoms with Gasteiger partial charge in [-0.25, -0.2) is 18.7 Å². The standard InChI is InChI=1S/C17H14F2N4O2/c1-2-23-15-13(4-3-7-20-15)22-14(17(23)25)16(24)21-9-10-5-6-11(18)8-12(10)19/h3-8H,2,9H2,1H3,(H,21,24). The Morgan fingerprint density at radius 2 is 2.08 bits per heavy atom. The molecule has 1 aromatic carbocycles. The Morgan fingerprint density at radius 3 is 2.80 bits per heavy atom. The number of benzene rings is 1. The smallest absolute Gasteiger partial charge is 0.283 e. The average molecular weight is 344 g/mol. The lowest BCUT2D eigenvalue weighted by Crippen LogP contribution is -2.34. The Labute approximate surface area is 141 Å². The van der Waals surface area contributed by atoms with Gasteiger partial charge in [0.15, 0.2) is 11.3 Å². The second-order valence-corrected chi connectivity index (χ2v) is 5.27. The van der Waals surface area contributed by atoms with Crippen LogP contribution in [0.5, 0.6) is 0 Å². The van der Waals surface area contributed by atoms with Crippen molar-refractivity contribution in [3.05, 3.63) is 69.8 Å². The van der Waals surface area contributed by atoms with Gasteiger partial charge in [-0.05, 0) is 25.1 Å². The molecule has 0 fully saturated rings. The largest absolute Gasteiger partial charge is 0.346 e. The highest BCUT2D eigenvalue weighted by atomic mass is 19.1. The summed E-state index contributed by atoms with van der Waals surface area (Å²) >= 11 is 0. The lowest BCUT2D eigenvalue weighted by Gasteiger charge is -2.10. The highest BCUT2D eigenvalue weighted by molar-refractivity contribution is 5.93. The number of aromatic nitrogens is 3. The first kappa shape index (κ1) is 16.7. The van der Waals surface area contributed by atoms with Crippen LogP contribution in [0.15, 0.2) is 41.3 Å². The normalized spacial score (nSPS) is 10.8. The van der Waals surface area contributed by atoms with Crippen molar-refractivity contribution in [1.29, 1.82) is 0 Å². The van der Waals surface area contributed by atoms with E-state index < -0.39 is 23.1 Å². The Bertz CT molecular complexity index is 1020. The van der Waals surface area contributed by atoms with Crippen molar-refractivity contribution >= 4 is 17.1 Å². The van der Waals surface area contributed by atoms with E-state index >= 15 is 0 Å². The number of halogens is 2. The summed E-state index contributed by atoms with van der Waals surface area (Å²) in [6.07, 6.45) is 1.53. The van der Waals surface area contributed by atoms with Crippen LogP contribution in [0.25, 0.3) is 11.2 Å². The van der Waals surface area contributed by atoms with Crippen LogP contribution in [0.3, 0.4) is 0 Å². The number of nitrogens with one attached hydrogen (secondary N) is 1. The quantitative estimate of drug-likeness (QED) is 0.786. The topological polar surface area (TPSA) is 76.9 Å². The molecular weight excluding hydrogens is 330 g/mol. The minimum Gasteiger partial charge on any atom is -0.346 e. The molecule has 0 aliphatic heterocycles. The molecule has 0 saturated heterocycles. The van der Waals surface area contributed by atoms with Gasteiger partial charge in [-0.3, -0.25) is 14.2 Å². The van der Waals surface area contributed by atoms with E-state index in [1.165, 1.54) is 16.8 Å². The molecule has 0 radical (unpaired) electrons. The maximum atomic E-state index is 13.6. The predicted molar refractivity (Wildman–Crippen MR) is 87.0 cm³/mol. The summed E-state index contributed by atoms with van der Waals surface area (Å²) in [6.45, 7) is 1.89. The Hall–Kier alpha value is -3.16. The highest BCUT2D eigenvalue weighted by Crippen LogP contribution is 2.10. The Balaban J connectivity index is 1.92. The molecule has 6 nitrogen and oxygen atoms in total. The fourth-order valence-electron chi connectivity index (χ4n) is 2.44. The number of aryl methyl sites for hydroxylation is 1. The molecule has 8 heteroatoms. The monoisotopic (exact) mass is 344 g/mol. The summed E-state index contributed by atoms with van der Waals surface area (Å²) in [4.78, 5) is 33.0. The van der Waals surface area contributed by atoms with E-state index in [1.54, 1.807) is 19.1 Å². The fraction of sp³-hybridized carbons (Fsp3) is 0.176. The third-order valence-corrected chi connectivity index (χ3v) is 3.69. The van der Waals surface area contributed by atoms with Gasteiger partial charge < -0.3 is 5.32 Å². The lowest BCUT2D eigenvalue weighted by atomic mass is 10.2. The molecule has 0 atom stereocenters. The van der Waals surface area contributed by atoms with Crippen LogP contribution in [0, 0.1) is 11.6 Å². The fourth-order valence-corrected chi connectivity index (χ4v) is 2.44. The van der Waals surface area contributed by atoms with Crippen LogP contribution in [0.1, 0.15) is 23.0 Å². The Kier molecular flexibility index (Phi) is 4.51. The van der Waals surface area contributed by atoms with E-state index in [9.17, 15) is 18.4 Å². The van der Waals surface area contributed by atoms with Crippen LogP contribution in [0.4, 0.5) is 8.78 Å². The molecular formula is C17H14F2N4O2. The van der Waals surface area contributed by atoms with Crippen molar-refractivity contribution in [1.82, 2.24) is 19.9 Å². The zero-order chi connectivity index (χ0) is 18.0. The van der Waals surface area contributed by atoms with Crippen LogP contribution < -0.4 is 10.9 Å². The predicted octanol–water partition coefficient (Wildman–Crippen LogP) is 2.02. The first-order valence-corrected chi connectivity index (χ1v) is 7.59. The van der Waals surface area contributed by atoms with E-state index in [1.807, 2.05) is 0 Å². The van der Waals surface area contributed by atoms with Gasteiger partial charge in [-0.15, -0.1) is 0 Å². The van der Waals surface area contributed by atoms with E-state index in [-0.39, 0.29) is 17.8 Å². The molecule has 0 unspecified atom stereocenters. The number of hydrogen-bond acceptors (Lipinski definition) is 4. The zero-order valence-electron chi connectivity index (χ0n) is 13.3. The van der Waals surface area contributed by atoms with Gasteiger partial charge in [-0.1, -0.05) is 6.07 Å². The van der Waals surface area contributed by atoms with Crippen LogP contribution in [-0.2, 0) is 13.1 Å². The molecule has 128 valence electrons. The number of nitrogens with zero attached hydrogens (tertiary/aromatic N) is 3. The summed E-state index contributed by atoms with van der Waals surface area (Å²) in [5.41, 5.74) is 0.0156. The summed E-state index contributed by atoms with van der Waals surface area (Å²) in [7, 11) is 0. The van der Waals surface area contributed by atoms with Crippen LogP contribution in [-0.4, -0.2) is 20.4 Å². The summed E-state index contributed by atoms with van der Waals surface area (Å²) in [5.74, 6) is -2.22. The maximum absolute atomic E-state index is 13.6. The van der Waals surface area contributed by atoms with Gasteiger partial charge in [0, 0.05) is 30.9 Å². The van der Waals surface area contributed by atoms with Gasteiger partial charge in [0.2, 0.25) is 0 Å². The number of amides is 1. The van der Waals surface area contributed by atoms with Crippen molar-refractivity contribution in [2.45, 2.75) is 20.0 Å². The molecule has 2 heterocycles. The van der Waals surface area contributed by atoms with Crippen LogP contribution >= 0.6 is 0 Å². The highest BCUT2D eigenvalue weighted by Gasteiger charge is 2.17. The number of hydrogen-bond donors (Lipinski definition) is 1. The molecule has 25 heavy (non-hydrogen) atoms. The minimum atomic E-state index is -0.776. The number of carbonyl (C=O) groups is 1. The van der Waals surface area contributed by atoms with Crippen molar-refractivity contribution in [2.75, 3.05) is 0 Å². The molecule has 0 saturated carbocycles. The molecule has 0 spiro atoms. The SMILES string of the molecule is CCn1c(=O)c(C(=O)NCc2ccc(F)cc2F)nc2cccnc21. The number of rotatable bonds is 4. The lowest BCUT2D eigenvalue weighted by molar-refractivity contribution is 0.0943. The molecule has 3 aromatic rings. The van der Waals surface area contributed by atoms with E-state index in [4.69, 9.17) is 0 Å². The molecule has 3 rings (SSSR count). The Morgan fingerprint density at radius 1 is 1.28 bits per heavy atom. The van der Waals surface area contributed by atoms with Gasteiger partial charge >= 0.3 is 0 Å². The van der Waals surface area contributed by atoms with E-state index in [2.05, 4.69) is 15.3 Å². The van der Waals surface area contributed by atoms with Crippen molar-refractivity contribution in [3.8, 4) is 0 Å². The molecule has 1 amide bonds. The molecule has 0 bridgehead atoms. The van der Waals surface area contributed by atoms with Gasteiger partial charge in [0.1, 0.15) is 17.2 Å². The maximum Gasteiger partial charge on any atom is 0.283 e. The minimum absolute atomic E-state index is 0.105. The average Bonchev–Trinajstić information content (AvgIpc) is 2.60. The molecule has 1 N–H and O–H groups in total. The molecule has 0 aliphatic rings. The van der Waals surface area contributed by atoms with Gasteiger partial charge in [0.25, 0.3) is 11.5 Å². The second-order valence-electron chi connectivity index (χ2n) is 5.27.